The Morgan fingerprint density at radius 1 is 1.22 bits per heavy atom. The summed E-state index contributed by atoms with van der Waals surface area (Å²) >= 11 is 0. The highest BCUT2D eigenvalue weighted by Crippen LogP contribution is 2.28. The molecule has 2 aliphatic rings. The first-order valence-corrected chi connectivity index (χ1v) is 8.37. The third kappa shape index (κ3) is 3.05. The Balaban J connectivity index is 1.60. The van der Waals surface area contributed by atoms with E-state index in [0.717, 1.165) is 32.4 Å². The number of imide groups is 1. The SMILES string of the molecule is Cc1ccc2c(c1)CCCN2CCCN1C(=O)NC(C)(C)C1=O. The second-order valence-electron chi connectivity index (χ2n) is 7.09. The third-order valence-electron chi connectivity index (χ3n) is 4.70. The van der Waals surface area contributed by atoms with Gasteiger partial charge in [-0.2, -0.15) is 0 Å². The van der Waals surface area contributed by atoms with Crippen molar-refractivity contribution in [3.05, 3.63) is 29.3 Å². The fraction of sp³-hybridized carbons (Fsp3) is 0.556. The van der Waals surface area contributed by atoms with Gasteiger partial charge in [-0.05, 0) is 51.7 Å². The molecule has 0 atom stereocenters. The number of carbonyl (C=O) groups is 2. The average Bonchev–Trinajstić information content (AvgIpc) is 2.68. The number of nitrogens with zero attached hydrogens (tertiary/aromatic N) is 2. The third-order valence-corrected chi connectivity index (χ3v) is 4.70. The van der Waals surface area contributed by atoms with Gasteiger partial charge in [0.1, 0.15) is 5.54 Å². The van der Waals surface area contributed by atoms with Gasteiger partial charge in [0, 0.05) is 25.3 Å². The normalized spacial score (nSPS) is 19.8. The Kier molecular flexibility index (Phi) is 4.04. The number of aryl methyl sites for hydroxylation is 2. The minimum absolute atomic E-state index is 0.128. The predicted molar refractivity (Wildman–Crippen MR) is 90.7 cm³/mol. The van der Waals surface area contributed by atoms with Crippen molar-refractivity contribution in [1.29, 1.82) is 0 Å². The van der Waals surface area contributed by atoms with E-state index in [2.05, 4.69) is 35.3 Å². The molecule has 5 heteroatoms. The number of hydrogen-bond acceptors (Lipinski definition) is 3. The summed E-state index contributed by atoms with van der Waals surface area (Å²) < 4.78 is 0. The van der Waals surface area contributed by atoms with E-state index in [-0.39, 0.29) is 11.9 Å². The lowest BCUT2D eigenvalue weighted by Gasteiger charge is -2.32. The van der Waals surface area contributed by atoms with E-state index in [0.29, 0.717) is 6.54 Å². The van der Waals surface area contributed by atoms with Crippen LogP contribution in [0.4, 0.5) is 10.5 Å². The summed E-state index contributed by atoms with van der Waals surface area (Å²) in [5.74, 6) is -0.128. The first-order chi connectivity index (χ1) is 10.9. The van der Waals surface area contributed by atoms with Crippen LogP contribution in [-0.2, 0) is 11.2 Å². The lowest BCUT2D eigenvalue weighted by molar-refractivity contribution is -0.130. The van der Waals surface area contributed by atoms with Gasteiger partial charge >= 0.3 is 6.03 Å². The minimum Gasteiger partial charge on any atom is -0.371 e. The largest absolute Gasteiger partial charge is 0.371 e. The fourth-order valence-corrected chi connectivity index (χ4v) is 3.48. The first kappa shape index (κ1) is 15.8. The zero-order valence-electron chi connectivity index (χ0n) is 14.2. The molecule has 124 valence electrons. The molecule has 0 aliphatic carbocycles. The van der Waals surface area contributed by atoms with Gasteiger partial charge in [-0.1, -0.05) is 17.7 Å². The van der Waals surface area contributed by atoms with Gasteiger partial charge < -0.3 is 10.2 Å². The Bertz CT molecular complexity index is 639. The molecule has 0 radical (unpaired) electrons. The van der Waals surface area contributed by atoms with Crippen LogP contribution in [0.2, 0.25) is 0 Å². The molecule has 0 aromatic heterocycles. The van der Waals surface area contributed by atoms with E-state index >= 15 is 0 Å². The topological polar surface area (TPSA) is 52.6 Å². The number of anilines is 1. The van der Waals surface area contributed by atoms with E-state index in [1.54, 1.807) is 13.8 Å². The van der Waals surface area contributed by atoms with Crippen LogP contribution in [0.5, 0.6) is 0 Å². The lowest BCUT2D eigenvalue weighted by Crippen LogP contribution is -2.40. The van der Waals surface area contributed by atoms with Crippen LogP contribution in [0.3, 0.4) is 0 Å². The maximum Gasteiger partial charge on any atom is 0.325 e. The summed E-state index contributed by atoms with van der Waals surface area (Å²) in [6.45, 7) is 8.01. The number of carbonyl (C=O) groups excluding carboxylic acids is 2. The van der Waals surface area contributed by atoms with Crippen LogP contribution in [0, 0.1) is 6.92 Å². The molecular weight excluding hydrogens is 290 g/mol. The summed E-state index contributed by atoms with van der Waals surface area (Å²) in [4.78, 5) is 27.8. The molecule has 5 nitrogen and oxygen atoms in total. The average molecular weight is 315 g/mol. The standard InChI is InChI=1S/C18H25N3O2/c1-13-7-8-15-14(12-13)6-4-9-20(15)10-5-11-21-16(22)18(2,3)19-17(21)23/h7-8,12H,4-6,9-11H2,1-3H3,(H,19,23). The molecule has 0 spiro atoms. The van der Waals surface area contributed by atoms with Gasteiger partial charge in [-0.25, -0.2) is 4.79 Å². The molecule has 1 aromatic rings. The highest BCUT2D eigenvalue weighted by atomic mass is 16.2. The van der Waals surface area contributed by atoms with Crippen LogP contribution < -0.4 is 10.2 Å². The second kappa shape index (κ2) is 5.87. The Morgan fingerprint density at radius 3 is 2.70 bits per heavy atom. The van der Waals surface area contributed by atoms with Crippen molar-refractivity contribution in [3.63, 3.8) is 0 Å². The van der Waals surface area contributed by atoms with Crippen LogP contribution in [0.15, 0.2) is 18.2 Å². The van der Waals surface area contributed by atoms with Crippen LogP contribution in [0.1, 0.15) is 37.8 Å². The Morgan fingerprint density at radius 2 is 2.00 bits per heavy atom. The fourth-order valence-electron chi connectivity index (χ4n) is 3.48. The molecule has 1 saturated heterocycles. The molecule has 1 fully saturated rings. The maximum atomic E-state index is 12.2. The van der Waals surface area contributed by atoms with E-state index in [9.17, 15) is 9.59 Å². The van der Waals surface area contributed by atoms with Crippen molar-refractivity contribution in [1.82, 2.24) is 10.2 Å². The van der Waals surface area contributed by atoms with Crippen molar-refractivity contribution >= 4 is 17.6 Å². The first-order valence-electron chi connectivity index (χ1n) is 8.37. The number of nitrogens with one attached hydrogen (secondary N) is 1. The minimum atomic E-state index is -0.771. The van der Waals surface area contributed by atoms with Gasteiger partial charge in [0.2, 0.25) is 0 Å². The van der Waals surface area contributed by atoms with Crippen molar-refractivity contribution in [2.24, 2.45) is 0 Å². The quantitative estimate of drug-likeness (QED) is 0.869. The van der Waals surface area contributed by atoms with Crippen molar-refractivity contribution in [2.45, 2.75) is 45.6 Å². The van der Waals surface area contributed by atoms with Gasteiger partial charge in [0.05, 0.1) is 0 Å². The Labute approximate surface area is 137 Å². The summed E-state index contributed by atoms with van der Waals surface area (Å²) in [5, 5.41) is 2.73. The number of amides is 3. The molecule has 0 bridgehead atoms. The zero-order valence-corrected chi connectivity index (χ0v) is 14.2. The van der Waals surface area contributed by atoms with E-state index in [4.69, 9.17) is 0 Å². The zero-order chi connectivity index (χ0) is 16.6. The molecule has 0 saturated carbocycles. The number of rotatable bonds is 4. The molecule has 23 heavy (non-hydrogen) atoms. The van der Waals surface area contributed by atoms with Gasteiger partial charge in [-0.15, -0.1) is 0 Å². The molecule has 1 aromatic carbocycles. The molecule has 1 N–H and O–H groups in total. The molecular formula is C18H25N3O2. The molecule has 3 rings (SSSR count). The summed E-state index contributed by atoms with van der Waals surface area (Å²) in [7, 11) is 0. The molecule has 3 amide bonds. The number of urea groups is 1. The molecule has 2 aliphatic heterocycles. The number of benzene rings is 1. The van der Waals surface area contributed by atoms with E-state index in [1.165, 1.54) is 21.7 Å². The smallest absolute Gasteiger partial charge is 0.325 e. The van der Waals surface area contributed by atoms with E-state index in [1.807, 2.05) is 0 Å². The summed E-state index contributed by atoms with van der Waals surface area (Å²) in [6.07, 6.45) is 3.09. The monoisotopic (exact) mass is 315 g/mol. The summed E-state index contributed by atoms with van der Waals surface area (Å²) in [6, 6.07) is 6.34. The van der Waals surface area contributed by atoms with Gasteiger partial charge in [-0.3, -0.25) is 9.69 Å². The maximum absolute atomic E-state index is 12.2. The second-order valence-corrected chi connectivity index (χ2v) is 7.09. The predicted octanol–water partition coefficient (Wildman–Crippen LogP) is 2.47. The van der Waals surface area contributed by atoms with Gasteiger partial charge in [0.25, 0.3) is 5.91 Å². The van der Waals surface area contributed by atoms with Crippen LogP contribution >= 0.6 is 0 Å². The van der Waals surface area contributed by atoms with Crippen LogP contribution in [0.25, 0.3) is 0 Å². The number of hydrogen-bond donors (Lipinski definition) is 1. The van der Waals surface area contributed by atoms with Crippen LogP contribution in [-0.4, -0.2) is 42.0 Å². The van der Waals surface area contributed by atoms with E-state index < -0.39 is 5.54 Å². The van der Waals surface area contributed by atoms with Crippen molar-refractivity contribution in [3.8, 4) is 0 Å². The highest BCUT2D eigenvalue weighted by Gasteiger charge is 2.43. The van der Waals surface area contributed by atoms with Crippen molar-refractivity contribution < 1.29 is 9.59 Å². The lowest BCUT2D eigenvalue weighted by atomic mass is 9.99. The highest BCUT2D eigenvalue weighted by molar-refractivity contribution is 6.06. The number of fused-ring (bicyclic) bond motifs is 1. The summed E-state index contributed by atoms with van der Waals surface area (Å²) in [5.41, 5.74) is 3.24. The Hall–Kier alpha value is -2.04. The molecule has 2 heterocycles. The van der Waals surface area contributed by atoms with Crippen molar-refractivity contribution in [2.75, 3.05) is 24.5 Å². The molecule has 0 unspecified atom stereocenters. The van der Waals surface area contributed by atoms with Gasteiger partial charge in [0.15, 0.2) is 0 Å².